The number of halogens is 1. The highest BCUT2D eigenvalue weighted by atomic mass is 35.5. The summed E-state index contributed by atoms with van der Waals surface area (Å²) in [7, 11) is 4.59. The van der Waals surface area contributed by atoms with Gasteiger partial charge in [0.25, 0.3) is 0 Å². The van der Waals surface area contributed by atoms with Crippen LogP contribution in [-0.4, -0.2) is 27.2 Å². The lowest BCUT2D eigenvalue weighted by atomic mass is 9.83. The molecule has 0 fully saturated rings. The number of hydrogen-bond acceptors (Lipinski definition) is 4. The molecule has 2 aromatic carbocycles. The first-order valence-corrected chi connectivity index (χ1v) is 8.08. The van der Waals surface area contributed by atoms with Gasteiger partial charge in [0.05, 0.1) is 26.7 Å². The zero-order chi connectivity index (χ0) is 18.6. The summed E-state index contributed by atoms with van der Waals surface area (Å²) in [6.07, 6.45) is 0. The summed E-state index contributed by atoms with van der Waals surface area (Å²) in [6, 6.07) is 10.6. The van der Waals surface area contributed by atoms with Crippen molar-refractivity contribution in [3.8, 4) is 17.2 Å². The molecule has 5 nitrogen and oxygen atoms in total. The van der Waals surface area contributed by atoms with Gasteiger partial charge < -0.3 is 19.5 Å². The van der Waals surface area contributed by atoms with Gasteiger partial charge in [0.2, 0.25) is 11.7 Å². The molecule has 1 amide bonds. The number of hydrogen-bond donors (Lipinski definition) is 1. The molecule has 0 spiro atoms. The van der Waals surface area contributed by atoms with Gasteiger partial charge in [0, 0.05) is 22.8 Å². The van der Waals surface area contributed by atoms with E-state index >= 15 is 0 Å². The minimum absolute atomic E-state index is 0.163. The maximum absolute atomic E-state index is 12.8. The number of benzene rings is 2. The molecular weight excluding hydrogens is 342 g/mol. The number of carbonyl (C=O) groups is 1. The van der Waals surface area contributed by atoms with Gasteiger partial charge in [-0.2, -0.15) is 0 Å². The fourth-order valence-electron chi connectivity index (χ4n) is 2.44. The zero-order valence-corrected chi connectivity index (χ0v) is 15.7. The van der Waals surface area contributed by atoms with Crippen LogP contribution in [0.4, 0.5) is 5.69 Å². The summed E-state index contributed by atoms with van der Waals surface area (Å²) in [5.41, 5.74) is 0.675. The minimum Gasteiger partial charge on any atom is -0.493 e. The lowest BCUT2D eigenvalue weighted by Crippen LogP contribution is -2.34. The highest BCUT2D eigenvalue weighted by Gasteiger charge is 2.30. The lowest BCUT2D eigenvalue weighted by molar-refractivity contribution is -0.120. The number of rotatable bonds is 6. The average molecular weight is 364 g/mol. The third kappa shape index (κ3) is 3.99. The van der Waals surface area contributed by atoms with Crippen LogP contribution < -0.4 is 19.5 Å². The highest BCUT2D eigenvalue weighted by Crippen LogP contribution is 2.40. The van der Waals surface area contributed by atoms with Crippen molar-refractivity contribution in [3.63, 3.8) is 0 Å². The third-order valence-corrected chi connectivity index (χ3v) is 4.31. The van der Waals surface area contributed by atoms with Crippen molar-refractivity contribution < 1.29 is 19.0 Å². The van der Waals surface area contributed by atoms with Crippen molar-refractivity contribution >= 4 is 23.2 Å². The molecule has 0 unspecified atom stereocenters. The summed E-state index contributed by atoms with van der Waals surface area (Å²) in [5.74, 6) is 1.26. The van der Waals surface area contributed by atoms with Crippen molar-refractivity contribution in [2.45, 2.75) is 19.3 Å². The third-order valence-electron chi connectivity index (χ3n) is 4.06. The Morgan fingerprint density at radius 1 is 0.960 bits per heavy atom. The Morgan fingerprint density at radius 2 is 1.48 bits per heavy atom. The van der Waals surface area contributed by atoms with Gasteiger partial charge in [-0.15, -0.1) is 0 Å². The van der Waals surface area contributed by atoms with Crippen LogP contribution in [0.2, 0.25) is 5.02 Å². The molecule has 0 heterocycles. The minimum atomic E-state index is -0.745. The van der Waals surface area contributed by atoms with Crippen LogP contribution in [0, 0.1) is 0 Å². The molecule has 0 atom stereocenters. The Labute approximate surface area is 152 Å². The number of anilines is 1. The van der Waals surface area contributed by atoms with Gasteiger partial charge in [-0.25, -0.2) is 0 Å². The van der Waals surface area contributed by atoms with Crippen molar-refractivity contribution in [3.05, 3.63) is 47.0 Å². The molecule has 134 valence electrons. The van der Waals surface area contributed by atoms with Crippen molar-refractivity contribution in [2.75, 3.05) is 26.6 Å². The Balaban J connectivity index is 2.32. The van der Waals surface area contributed by atoms with Crippen molar-refractivity contribution in [2.24, 2.45) is 0 Å². The predicted octanol–water partition coefficient (Wildman–Crippen LogP) is 4.28. The molecule has 0 saturated heterocycles. The van der Waals surface area contributed by atoms with E-state index in [0.717, 1.165) is 5.56 Å². The summed E-state index contributed by atoms with van der Waals surface area (Å²) < 4.78 is 15.9. The molecule has 25 heavy (non-hydrogen) atoms. The monoisotopic (exact) mass is 363 g/mol. The molecule has 0 radical (unpaired) electrons. The van der Waals surface area contributed by atoms with E-state index in [2.05, 4.69) is 5.32 Å². The number of carbonyl (C=O) groups excluding carboxylic acids is 1. The average Bonchev–Trinajstić information content (AvgIpc) is 2.61. The summed E-state index contributed by atoms with van der Waals surface area (Å²) in [4.78, 5) is 12.8. The zero-order valence-electron chi connectivity index (χ0n) is 15.0. The molecule has 6 heteroatoms. The van der Waals surface area contributed by atoms with Crippen molar-refractivity contribution in [1.29, 1.82) is 0 Å². The molecule has 0 aliphatic carbocycles. The van der Waals surface area contributed by atoms with Gasteiger partial charge >= 0.3 is 0 Å². The Hall–Kier alpha value is -2.40. The summed E-state index contributed by atoms with van der Waals surface area (Å²) in [6.45, 7) is 3.70. The van der Waals surface area contributed by atoms with E-state index in [9.17, 15) is 4.79 Å². The molecule has 0 bridgehead atoms. The molecule has 0 aromatic heterocycles. The normalized spacial score (nSPS) is 11.0. The molecule has 1 N–H and O–H groups in total. The molecule has 0 saturated carbocycles. The van der Waals surface area contributed by atoms with E-state index in [4.69, 9.17) is 25.8 Å². The topological polar surface area (TPSA) is 56.8 Å². The first-order valence-electron chi connectivity index (χ1n) is 7.71. The SMILES string of the molecule is COc1cc(NC(=O)C(C)(C)c2ccc(Cl)cc2)cc(OC)c1OC. The smallest absolute Gasteiger partial charge is 0.234 e. The second kappa shape index (κ2) is 7.66. The number of nitrogens with one attached hydrogen (secondary N) is 1. The highest BCUT2D eigenvalue weighted by molar-refractivity contribution is 6.30. The number of methoxy groups -OCH3 is 3. The fraction of sp³-hybridized carbons (Fsp3) is 0.316. The first kappa shape index (κ1) is 18.9. The second-order valence-electron chi connectivity index (χ2n) is 6.00. The molecule has 0 aliphatic heterocycles. The summed E-state index contributed by atoms with van der Waals surface area (Å²) >= 11 is 5.93. The Kier molecular flexibility index (Phi) is 5.80. The van der Waals surface area contributed by atoms with E-state index in [1.54, 1.807) is 24.3 Å². The molecule has 0 aliphatic rings. The first-order chi connectivity index (χ1) is 11.8. The molecule has 2 rings (SSSR count). The van der Waals surface area contributed by atoms with Crippen LogP contribution in [-0.2, 0) is 10.2 Å². The van der Waals surface area contributed by atoms with Gasteiger partial charge in [-0.05, 0) is 31.5 Å². The van der Waals surface area contributed by atoms with Gasteiger partial charge in [0.15, 0.2) is 11.5 Å². The van der Waals surface area contributed by atoms with E-state index in [1.807, 2.05) is 26.0 Å². The standard InChI is InChI=1S/C19H22ClNO4/c1-19(2,12-6-8-13(20)9-7-12)18(22)21-14-10-15(23-3)17(25-5)16(11-14)24-4/h6-11H,1-5H3,(H,21,22). The largest absolute Gasteiger partial charge is 0.493 e. The lowest BCUT2D eigenvalue weighted by Gasteiger charge is -2.25. The predicted molar refractivity (Wildman–Crippen MR) is 99.2 cm³/mol. The van der Waals surface area contributed by atoms with Gasteiger partial charge in [-0.1, -0.05) is 23.7 Å². The van der Waals surface area contributed by atoms with Crippen LogP contribution in [0.15, 0.2) is 36.4 Å². The van der Waals surface area contributed by atoms with Crippen LogP contribution in [0.3, 0.4) is 0 Å². The van der Waals surface area contributed by atoms with E-state index in [-0.39, 0.29) is 5.91 Å². The quantitative estimate of drug-likeness (QED) is 0.832. The number of amides is 1. The Morgan fingerprint density at radius 3 is 1.92 bits per heavy atom. The van der Waals surface area contributed by atoms with E-state index < -0.39 is 5.41 Å². The molecule has 2 aromatic rings. The van der Waals surface area contributed by atoms with Crippen LogP contribution in [0.5, 0.6) is 17.2 Å². The molecular formula is C19H22ClNO4. The maximum atomic E-state index is 12.8. The maximum Gasteiger partial charge on any atom is 0.234 e. The van der Waals surface area contributed by atoms with E-state index in [1.165, 1.54) is 21.3 Å². The van der Waals surface area contributed by atoms with Gasteiger partial charge in [0.1, 0.15) is 0 Å². The second-order valence-corrected chi connectivity index (χ2v) is 6.44. The number of ether oxygens (including phenoxy) is 3. The van der Waals surface area contributed by atoms with Crippen molar-refractivity contribution in [1.82, 2.24) is 0 Å². The Bertz CT molecular complexity index is 732. The summed E-state index contributed by atoms with van der Waals surface area (Å²) in [5, 5.41) is 3.54. The van der Waals surface area contributed by atoms with Crippen LogP contribution in [0.25, 0.3) is 0 Å². The van der Waals surface area contributed by atoms with E-state index in [0.29, 0.717) is 28.0 Å². The fourth-order valence-corrected chi connectivity index (χ4v) is 2.56. The van der Waals surface area contributed by atoms with Crippen LogP contribution >= 0.6 is 11.6 Å². The van der Waals surface area contributed by atoms with Gasteiger partial charge in [-0.3, -0.25) is 4.79 Å². The van der Waals surface area contributed by atoms with Crippen LogP contribution in [0.1, 0.15) is 19.4 Å².